The van der Waals surface area contributed by atoms with E-state index < -0.39 is 0 Å². The standard InChI is InChI=1S/C16H16Cl2N6S/c1-3-9-7-24-13(6-21-23-15(19)20)14(22-16(24)25-9)10-4-8(2)11(17)5-12(10)18/h4-7H,3H2,1-2H3,(H4,19,20,23)/b21-6+. The normalized spacial score (nSPS) is 11.5. The van der Waals surface area contributed by atoms with Crippen molar-refractivity contribution < 1.29 is 0 Å². The van der Waals surface area contributed by atoms with Crippen LogP contribution in [0, 0.1) is 6.92 Å². The van der Waals surface area contributed by atoms with Gasteiger partial charge in [0.2, 0.25) is 5.96 Å². The van der Waals surface area contributed by atoms with E-state index in [1.165, 1.54) is 4.88 Å². The summed E-state index contributed by atoms with van der Waals surface area (Å²) in [4.78, 5) is 6.79. The van der Waals surface area contributed by atoms with Crippen molar-refractivity contribution in [3.05, 3.63) is 44.5 Å². The lowest BCUT2D eigenvalue weighted by atomic mass is 10.1. The number of fused-ring (bicyclic) bond motifs is 1. The number of hydrogen-bond acceptors (Lipinski definition) is 4. The molecule has 0 atom stereocenters. The fourth-order valence-corrected chi connectivity index (χ4v) is 3.78. The van der Waals surface area contributed by atoms with Gasteiger partial charge in [-0.15, -0.1) is 16.4 Å². The van der Waals surface area contributed by atoms with Gasteiger partial charge in [-0.1, -0.05) is 30.1 Å². The largest absolute Gasteiger partial charge is 0.369 e. The third-order valence-electron chi connectivity index (χ3n) is 3.62. The van der Waals surface area contributed by atoms with Crippen molar-refractivity contribution in [1.29, 1.82) is 0 Å². The van der Waals surface area contributed by atoms with Crippen molar-refractivity contribution in [2.45, 2.75) is 20.3 Å². The van der Waals surface area contributed by atoms with Crippen LogP contribution in [0.15, 0.2) is 28.5 Å². The van der Waals surface area contributed by atoms with E-state index in [2.05, 4.69) is 17.1 Å². The second kappa shape index (κ2) is 7.03. The van der Waals surface area contributed by atoms with Crippen molar-refractivity contribution >= 4 is 51.7 Å². The molecule has 0 fully saturated rings. The molecule has 9 heteroatoms. The molecule has 2 aromatic heterocycles. The van der Waals surface area contributed by atoms with Crippen molar-refractivity contribution in [2.75, 3.05) is 0 Å². The first kappa shape index (κ1) is 17.7. The Bertz CT molecular complexity index is 998. The minimum Gasteiger partial charge on any atom is -0.369 e. The molecular formula is C16H16Cl2N6S. The molecule has 0 saturated heterocycles. The lowest BCUT2D eigenvalue weighted by Gasteiger charge is -2.06. The number of guanidine groups is 1. The van der Waals surface area contributed by atoms with Gasteiger partial charge in [0.25, 0.3) is 0 Å². The van der Waals surface area contributed by atoms with Gasteiger partial charge < -0.3 is 11.5 Å². The third-order valence-corrected chi connectivity index (χ3v) is 5.46. The number of hydrogen-bond donors (Lipinski definition) is 2. The molecule has 0 aliphatic heterocycles. The monoisotopic (exact) mass is 394 g/mol. The number of nitrogens with zero attached hydrogens (tertiary/aromatic N) is 4. The zero-order chi connectivity index (χ0) is 18.1. The molecule has 25 heavy (non-hydrogen) atoms. The topological polar surface area (TPSA) is 94.1 Å². The average Bonchev–Trinajstić information content (AvgIpc) is 3.09. The maximum absolute atomic E-state index is 6.40. The van der Waals surface area contributed by atoms with E-state index >= 15 is 0 Å². The molecule has 6 nitrogen and oxygen atoms in total. The zero-order valence-corrected chi connectivity index (χ0v) is 16.0. The van der Waals surface area contributed by atoms with Crippen LogP contribution < -0.4 is 11.5 Å². The summed E-state index contributed by atoms with van der Waals surface area (Å²) in [5.41, 5.74) is 13.8. The van der Waals surface area contributed by atoms with Crippen molar-refractivity contribution in [3.8, 4) is 11.3 Å². The van der Waals surface area contributed by atoms with Gasteiger partial charge in [-0.2, -0.15) is 5.10 Å². The maximum atomic E-state index is 6.40. The van der Waals surface area contributed by atoms with Crippen LogP contribution >= 0.6 is 34.5 Å². The summed E-state index contributed by atoms with van der Waals surface area (Å²) in [7, 11) is 0. The highest BCUT2D eigenvalue weighted by atomic mass is 35.5. The highest BCUT2D eigenvalue weighted by molar-refractivity contribution is 7.17. The molecule has 3 rings (SSSR count). The molecule has 0 amide bonds. The predicted octanol–water partition coefficient (Wildman–Crippen LogP) is 3.85. The van der Waals surface area contributed by atoms with Crippen LogP contribution in [-0.2, 0) is 6.42 Å². The highest BCUT2D eigenvalue weighted by Crippen LogP contribution is 2.35. The Hall–Kier alpha value is -2.09. The van der Waals surface area contributed by atoms with Gasteiger partial charge in [0.1, 0.15) is 5.69 Å². The van der Waals surface area contributed by atoms with E-state index in [0.29, 0.717) is 15.7 Å². The lowest BCUT2D eigenvalue weighted by molar-refractivity contribution is 1.12. The number of thiazole rings is 1. The van der Waals surface area contributed by atoms with E-state index in [4.69, 9.17) is 39.7 Å². The molecule has 0 radical (unpaired) electrons. The Morgan fingerprint density at radius 2 is 2.08 bits per heavy atom. The van der Waals surface area contributed by atoms with Gasteiger partial charge in [-0.05, 0) is 31.0 Å². The zero-order valence-electron chi connectivity index (χ0n) is 13.6. The molecule has 0 spiro atoms. The fourth-order valence-electron chi connectivity index (χ4n) is 2.38. The van der Waals surface area contributed by atoms with Crippen LogP contribution in [0.5, 0.6) is 0 Å². The first-order valence-electron chi connectivity index (χ1n) is 7.49. The van der Waals surface area contributed by atoms with Crippen LogP contribution in [0.25, 0.3) is 16.2 Å². The second-order valence-corrected chi connectivity index (χ2v) is 7.31. The molecule has 4 N–H and O–H groups in total. The number of aryl methyl sites for hydroxylation is 2. The summed E-state index contributed by atoms with van der Waals surface area (Å²) in [6.45, 7) is 4.02. The Labute approximate surface area is 158 Å². The van der Waals surface area contributed by atoms with Gasteiger partial charge >= 0.3 is 0 Å². The van der Waals surface area contributed by atoms with E-state index in [1.54, 1.807) is 23.6 Å². The van der Waals surface area contributed by atoms with Gasteiger partial charge in [-0.25, -0.2) is 4.98 Å². The summed E-state index contributed by atoms with van der Waals surface area (Å²) in [6.07, 6.45) is 4.53. The van der Waals surface area contributed by atoms with Crippen molar-refractivity contribution in [1.82, 2.24) is 9.38 Å². The van der Waals surface area contributed by atoms with Crippen LogP contribution in [0.2, 0.25) is 10.0 Å². The number of nitrogens with two attached hydrogens (primary N) is 2. The predicted molar refractivity (Wildman–Crippen MR) is 106 cm³/mol. The molecule has 0 unspecified atom stereocenters. The minimum atomic E-state index is -0.113. The van der Waals surface area contributed by atoms with Crippen molar-refractivity contribution in [2.24, 2.45) is 21.7 Å². The number of aromatic nitrogens is 2. The lowest BCUT2D eigenvalue weighted by Crippen LogP contribution is -2.21. The Morgan fingerprint density at radius 1 is 1.32 bits per heavy atom. The van der Waals surface area contributed by atoms with Gasteiger partial charge in [0, 0.05) is 21.7 Å². The van der Waals surface area contributed by atoms with Gasteiger partial charge in [-0.3, -0.25) is 4.40 Å². The van der Waals surface area contributed by atoms with E-state index in [1.807, 2.05) is 23.6 Å². The molecule has 0 bridgehead atoms. The Balaban J connectivity index is 2.24. The number of rotatable bonds is 4. The summed E-state index contributed by atoms with van der Waals surface area (Å²) in [5.74, 6) is -0.113. The molecule has 0 aliphatic rings. The molecule has 0 aliphatic carbocycles. The first-order valence-corrected chi connectivity index (χ1v) is 9.06. The molecule has 130 valence electrons. The minimum absolute atomic E-state index is 0.113. The molecule has 2 heterocycles. The van der Waals surface area contributed by atoms with Crippen LogP contribution in [-0.4, -0.2) is 21.6 Å². The Morgan fingerprint density at radius 3 is 2.76 bits per heavy atom. The summed E-state index contributed by atoms with van der Waals surface area (Å²) in [6, 6.07) is 3.63. The average molecular weight is 395 g/mol. The number of halogens is 2. The van der Waals surface area contributed by atoms with E-state index in [-0.39, 0.29) is 5.96 Å². The van der Waals surface area contributed by atoms with Crippen LogP contribution in [0.4, 0.5) is 0 Å². The summed E-state index contributed by atoms with van der Waals surface area (Å²) >= 11 is 14.2. The molecular weight excluding hydrogens is 379 g/mol. The second-order valence-electron chi connectivity index (χ2n) is 5.40. The quantitative estimate of drug-likeness (QED) is 0.399. The Kier molecular flexibility index (Phi) is 4.99. The maximum Gasteiger partial charge on any atom is 0.211 e. The van der Waals surface area contributed by atoms with E-state index in [0.717, 1.165) is 28.2 Å². The van der Waals surface area contributed by atoms with Gasteiger partial charge in [0.15, 0.2) is 4.96 Å². The van der Waals surface area contributed by atoms with Crippen LogP contribution in [0.3, 0.4) is 0 Å². The number of benzene rings is 1. The summed E-state index contributed by atoms with van der Waals surface area (Å²) < 4.78 is 1.96. The van der Waals surface area contributed by atoms with E-state index in [9.17, 15) is 0 Å². The van der Waals surface area contributed by atoms with Gasteiger partial charge in [0.05, 0.1) is 16.9 Å². The smallest absolute Gasteiger partial charge is 0.211 e. The SMILES string of the molecule is CCc1cn2c(/C=N/N=C(N)N)c(-c3cc(C)c(Cl)cc3Cl)nc2s1. The molecule has 3 aromatic rings. The van der Waals surface area contributed by atoms with Crippen LogP contribution in [0.1, 0.15) is 23.1 Å². The summed E-state index contributed by atoms with van der Waals surface area (Å²) in [5, 5.41) is 8.75. The first-order chi connectivity index (χ1) is 11.9. The highest BCUT2D eigenvalue weighted by Gasteiger charge is 2.18. The molecule has 0 saturated carbocycles. The number of imidazole rings is 1. The fraction of sp³-hybridized carbons (Fsp3) is 0.188. The molecule has 1 aromatic carbocycles. The van der Waals surface area contributed by atoms with Crippen molar-refractivity contribution in [3.63, 3.8) is 0 Å². The third kappa shape index (κ3) is 3.49.